The van der Waals surface area contributed by atoms with Gasteiger partial charge in [0, 0.05) is 12.1 Å². The third-order valence-corrected chi connectivity index (χ3v) is 3.74. The van der Waals surface area contributed by atoms with E-state index in [9.17, 15) is 8.42 Å². The number of rotatable bonds is 5. The molecule has 1 N–H and O–H groups in total. The first-order valence-corrected chi connectivity index (χ1v) is 7.72. The van der Waals surface area contributed by atoms with Gasteiger partial charge in [-0.25, -0.2) is 4.99 Å². The summed E-state index contributed by atoms with van der Waals surface area (Å²) in [6.07, 6.45) is 2.87. The van der Waals surface area contributed by atoms with Crippen LogP contribution in [-0.4, -0.2) is 41.9 Å². The maximum Gasteiger partial charge on any atom is 0.264 e. The van der Waals surface area contributed by atoms with Crippen LogP contribution >= 0.6 is 0 Å². The largest absolute Gasteiger partial charge is 0.286 e. The fourth-order valence-electron chi connectivity index (χ4n) is 1.90. The Labute approximate surface area is 113 Å². The van der Waals surface area contributed by atoms with E-state index in [2.05, 4.69) is 4.99 Å². The average molecular weight is 281 g/mol. The Morgan fingerprint density at radius 2 is 2.00 bits per heavy atom. The molecule has 19 heavy (non-hydrogen) atoms. The van der Waals surface area contributed by atoms with E-state index in [1.807, 2.05) is 42.0 Å². The monoisotopic (exact) mass is 281 g/mol. The zero-order valence-electron chi connectivity index (χ0n) is 10.8. The smallest absolute Gasteiger partial charge is 0.264 e. The molecule has 0 aliphatic carbocycles. The van der Waals surface area contributed by atoms with Crippen LogP contribution in [0.5, 0.6) is 0 Å². The average Bonchev–Trinajstić information content (AvgIpc) is 2.77. The summed E-state index contributed by atoms with van der Waals surface area (Å²) in [7, 11) is -3.87. The highest BCUT2D eigenvalue weighted by Gasteiger charge is 2.17. The van der Waals surface area contributed by atoms with Crippen LogP contribution in [0.1, 0.15) is 18.4 Å². The Morgan fingerprint density at radius 1 is 1.32 bits per heavy atom. The van der Waals surface area contributed by atoms with Crippen LogP contribution in [0.15, 0.2) is 29.3 Å². The molecule has 1 aromatic rings. The highest BCUT2D eigenvalue weighted by molar-refractivity contribution is 7.85. The normalized spacial score (nSPS) is 15.3. The third kappa shape index (κ3) is 4.25. The number of benzene rings is 1. The number of aryl methyl sites for hydroxylation is 1. The SMILES string of the molecule is Cc1ccc([N+]2=CC(CCCS(=O)(=O)O)=NC2)cc1. The second-order valence-electron chi connectivity index (χ2n) is 4.61. The van der Waals surface area contributed by atoms with Crippen LogP contribution < -0.4 is 0 Å². The lowest BCUT2D eigenvalue weighted by Gasteiger charge is -1.96. The molecular weight excluding hydrogens is 264 g/mol. The minimum atomic E-state index is -3.87. The van der Waals surface area contributed by atoms with Gasteiger partial charge >= 0.3 is 0 Å². The van der Waals surface area contributed by atoms with Crippen molar-refractivity contribution in [2.24, 2.45) is 4.99 Å². The van der Waals surface area contributed by atoms with Crippen molar-refractivity contribution in [2.45, 2.75) is 19.8 Å². The van der Waals surface area contributed by atoms with Gasteiger partial charge in [0.1, 0.15) is 5.71 Å². The summed E-state index contributed by atoms with van der Waals surface area (Å²) in [4.78, 5) is 4.35. The molecule has 0 fully saturated rings. The molecule has 0 atom stereocenters. The van der Waals surface area contributed by atoms with Crippen LogP contribution in [0.25, 0.3) is 0 Å². The molecule has 0 bridgehead atoms. The molecule has 102 valence electrons. The molecule has 0 saturated carbocycles. The van der Waals surface area contributed by atoms with Gasteiger partial charge in [0.2, 0.25) is 12.4 Å². The van der Waals surface area contributed by atoms with Crippen molar-refractivity contribution in [3.63, 3.8) is 0 Å². The fourth-order valence-corrected chi connectivity index (χ4v) is 2.41. The Kier molecular flexibility index (Phi) is 4.11. The van der Waals surface area contributed by atoms with E-state index in [0.717, 1.165) is 11.4 Å². The van der Waals surface area contributed by atoms with Gasteiger partial charge in [-0.1, -0.05) is 17.7 Å². The quantitative estimate of drug-likeness (QED) is 0.661. The Bertz CT molecular complexity index is 616. The molecule has 0 saturated heterocycles. The predicted molar refractivity (Wildman–Crippen MR) is 75.1 cm³/mol. The molecule has 1 aromatic carbocycles. The van der Waals surface area contributed by atoms with Gasteiger partial charge in [0.05, 0.1) is 5.75 Å². The molecule has 0 unspecified atom stereocenters. The maximum atomic E-state index is 10.6. The van der Waals surface area contributed by atoms with E-state index in [0.29, 0.717) is 19.5 Å². The molecule has 1 aliphatic heterocycles. The van der Waals surface area contributed by atoms with E-state index in [1.165, 1.54) is 5.56 Å². The molecule has 5 nitrogen and oxygen atoms in total. The van der Waals surface area contributed by atoms with Gasteiger partial charge in [0.25, 0.3) is 10.1 Å². The minimum absolute atomic E-state index is 0.218. The molecule has 1 aliphatic rings. The number of hydrogen-bond acceptors (Lipinski definition) is 3. The van der Waals surface area contributed by atoms with Crippen molar-refractivity contribution in [1.82, 2.24) is 0 Å². The topological polar surface area (TPSA) is 69.7 Å². The summed E-state index contributed by atoms with van der Waals surface area (Å²) < 4.78 is 31.9. The lowest BCUT2D eigenvalue weighted by Crippen LogP contribution is -2.08. The highest BCUT2D eigenvalue weighted by Crippen LogP contribution is 2.14. The first-order valence-electron chi connectivity index (χ1n) is 6.11. The number of nitrogens with zero attached hydrogens (tertiary/aromatic N) is 2. The summed E-state index contributed by atoms with van der Waals surface area (Å²) in [5, 5.41) is 0. The summed E-state index contributed by atoms with van der Waals surface area (Å²) in [5.74, 6) is -0.218. The van der Waals surface area contributed by atoms with Gasteiger partial charge in [-0.15, -0.1) is 0 Å². The number of aliphatic imine (C=N–C) groups is 1. The fraction of sp³-hybridized carbons (Fsp3) is 0.385. The Balaban J connectivity index is 1.94. The second-order valence-corrected chi connectivity index (χ2v) is 6.19. The van der Waals surface area contributed by atoms with Gasteiger partial charge in [0.15, 0.2) is 6.21 Å². The molecule has 2 rings (SSSR count). The van der Waals surface area contributed by atoms with Gasteiger partial charge in [-0.2, -0.15) is 13.0 Å². The Hall–Kier alpha value is -1.53. The van der Waals surface area contributed by atoms with Crippen molar-refractivity contribution in [1.29, 1.82) is 0 Å². The summed E-state index contributed by atoms with van der Waals surface area (Å²) in [6.45, 7) is 2.60. The highest BCUT2D eigenvalue weighted by atomic mass is 32.2. The van der Waals surface area contributed by atoms with Crippen LogP contribution in [-0.2, 0) is 10.1 Å². The predicted octanol–water partition coefficient (Wildman–Crippen LogP) is 1.79. The number of hydrogen-bond donors (Lipinski definition) is 1. The molecule has 0 spiro atoms. The van der Waals surface area contributed by atoms with Crippen LogP contribution in [0.2, 0.25) is 0 Å². The van der Waals surface area contributed by atoms with Crippen LogP contribution in [0.4, 0.5) is 5.69 Å². The van der Waals surface area contributed by atoms with Gasteiger partial charge in [-0.3, -0.25) is 4.55 Å². The van der Waals surface area contributed by atoms with E-state index in [4.69, 9.17) is 4.55 Å². The molecule has 0 radical (unpaired) electrons. The first-order chi connectivity index (χ1) is 8.94. The molecular formula is C13H17N2O3S+. The van der Waals surface area contributed by atoms with E-state index < -0.39 is 10.1 Å². The molecule has 6 heteroatoms. The summed E-state index contributed by atoms with van der Waals surface area (Å²) >= 11 is 0. The lowest BCUT2D eigenvalue weighted by atomic mass is 10.2. The first kappa shape index (κ1) is 13.9. The van der Waals surface area contributed by atoms with Gasteiger partial charge in [-0.05, 0) is 19.8 Å². The van der Waals surface area contributed by atoms with Crippen molar-refractivity contribution in [3.8, 4) is 0 Å². The second kappa shape index (κ2) is 5.63. The minimum Gasteiger partial charge on any atom is -0.286 e. The molecule has 0 aromatic heterocycles. The van der Waals surface area contributed by atoms with E-state index in [1.54, 1.807) is 0 Å². The van der Waals surface area contributed by atoms with Gasteiger partial charge < -0.3 is 0 Å². The van der Waals surface area contributed by atoms with Crippen molar-refractivity contribution >= 4 is 27.7 Å². The lowest BCUT2D eigenvalue weighted by molar-refractivity contribution is -0.427. The zero-order chi connectivity index (χ0) is 13.9. The van der Waals surface area contributed by atoms with E-state index >= 15 is 0 Å². The molecule has 0 amide bonds. The maximum absolute atomic E-state index is 10.6. The van der Waals surface area contributed by atoms with E-state index in [-0.39, 0.29) is 5.75 Å². The third-order valence-electron chi connectivity index (χ3n) is 2.93. The summed E-state index contributed by atoms with van der Waals surface area (Å²) in [5.41, 5.74) is 3.14. The Morgan fingerprint density at radius 3 is 2.63 bits per heavy atom. The van der Waals surface area contributed by atoms with Crippen LogP contribution in [0, 0.1) is 6.92 Å². The molecule has 1 heterocycles. The summed E-state index contributed by atoms with van der Waals surface area (Å²) in [6, 6.07) is 8.14. The van der Waals surface area contributed by atoms with Crippen molar-refractivity contribution < 1.29 is 17.5 Å². The van der Waals surface area contributed by atoms with Crippen molar-refractivity contribution in [2.75, 3.05) is 12.4 Å². The standard InChI is InChI=1S/C13H16N2O3S/c1-11-4-6-13(7-5-11)15-9-12(14-10-15)3-2-8-19(16,17)18/h4-7,9H,2-3,8,10H2,1H3/p+1. The van der Waals surface area contributed by atoms with Crippen molar-refractivity contribution in [3.05, 3.63) is 29.8 Å². The zero-order valence-corrected chi connectivity index (χ0v) is 11.6. The van der Waals surface area contributed by atoms with Crippen LogP contribution in [0.3, 0.4) is 0 Å².